The Morgan fingerprint density at radius 3 is 2.42 bits per heavy atom. The first-order valence-corrected chi connectivity index (χ1v) is 6.56. The normalized spacial score (nSPS) is 12.4. The van der Waals surface area contributed by atoms with Crippen LogP contribution in [0.2, 0.25) is 0 Å². The van der Waals surface area contributed by atoms with Crippen molar-refractivity contribution >= 4 is 15.9 Å². The molecule has 100 valence electrons. The molecule has 0 saturated heterocycles. The van der Waals surface area contributed by atoms with E-state index < -0.39 is 11.6 Å². The van der Waals surface area contributed by atoms with E-state index in [0.717, 1.165) is 11.6 Å². The molecule has 19 heavy (non-hydrogen) atoms. The predicted molar refractivity (Wildman–Crippen MR) is 74.3 cm³/mol. The van der Waals surface area contributed by atoms with Crippen LogP contribution in [0.15, 0.2) is 46.9 Å². The molecule has 0 aliphatic carbocycles. The van der Waals surface area contributed by atoms with Crippen LogP contribution in [0.5, 0.6) is 0 Å². The molecule has 2 aromatic rings. The summed E-state index contributed by atoms with van der Waals surface area (Å²) in [4.78, 5) is 0. The van der Waals surface area contributed by atoms with E-state index in [1.165, 1.54) is 6.07 Å². The molecule has 0 radical (unpaired) electrons. The van der Waals surface area contributed by atoms with Gasteiger partial charge in [-0.3, -0.25) is 11.3 Å². The maximum Gasteiger partial charge on any atom is 0.173 e. The Morgan fingerprint density at radius 1 is 1.11 bits per heavy atom. The third-order valence-corrected chi connectivity index (χ3v) is 3.73. The molecule has 2 aromatic carbocycles. The second kappa shape index (κ2) is 6.23. The monoisotopic (exact) mass is 326 g/mol. The van der Waals surface area contributed by atoms with E-state index in [2.05, 4.69) is 21.4 Å². The highest BCUT2D eigenvalue weighted by atomic mass is 79.9. The third-order valence-electron chi connectivity index (χ3n) is 2.92. The smallest absolute Gasteiger partial charge is 0.173 e. The van der Waals surface area contributed by atoms with Crippen LogP contribution in [0.25, 0.3) is 0 Å². The minimum atomic E-state index is -0.897. The Hall–Kier alpha value is -1.30. The molecule has 0 aromatic heterocycles. The highest BCUT2D eigenvalue weighted by Crippen LogP contribution is 2.29. The van der Waals surface area contributed by atoms with Crippen LogP contribution in [-0.4, -0.2) is 0 Å². The zero-order valence-electron chi connectivity index (χ0n) is 10.0. The summed E-state index contributed by atoms with van der Waals surface area (Å²) in [5.74, 6) is 3.74. The van der Waals surface area contributed by atoms with Gasteiger partial charge in [-0.15, -0.1) is 0 Å². The molecule has 0 saturated carbocycles. The van der Waals surface area contributed by atoms with Gasteiger partial charge in [0, 0.05) is 0 Å². The average Bonchev–Trinajstić information content (AvgIpc) is 2.44. The van der Waals surface area contributed by atoms with Gasteiger partial charge in [-0.25, -0.2) is 8.78 Å². The first kappa shape index (κ1) is 14.1. The first-order chi connectivity index (χ1) is 9.13. The maximum absolute atomic E-state index is 13.5. The topological polar surface area (TPSA) is 38.0 Å². The minimum absolute atomic E-state index is 0.103. The van der Waals surface area contributed by atoms with Crippen molar-refractivity contribution in [1.29, 1.82) is 0 Å². The van der Waals surface area contributed by atoms with Crippen molar-refractivity contribution in [3.05, 3.63) is 69.7 Å². The van der Waals surface area contributed by atoms with Gasteiger partial charge in [-0.2, -0.15) is 0 Å². The fourth-order valence-corrected chi connectivity index (χ4v) is 2.52. The van der Waals surface area contributed by atoms with Crippen molar-refractivity contribution in [3.63, 3.8) is 0 Å². The number of hydrogen-bond donors (Lipinski definition) is 2. The summed E-state index contributed by atoms with van der Waals surface area (Å²) in [7, 11) is 0. The van der Waals surface area contributed by atoms with E-state index in [-0.39, 0.29) is 10.5 Å². The summed E-state index contributed by atoms with van der Waals surface area (Å²) in [5.41, 5.74) is 4.28. The molecule has 0 heterocycles. The second-order valence-corrected chi connectivity index (χ2v) is 4.97. The summed E-state index contributed by atoms with van der Waals surface area (Å²) in [5, 5.41) is 0. The Labute approximate surface area is 118 Å². The van der Waals surface area contributed by atoms with E-state index >= 15 is 0 Å². The maximum atomic E-state index is 13.5. The molecular weight excluding hydrogens is 314 g/mol. The Kier molecular flexibility index (Phi) is 4.63. The molecule has 0 bridgehead atoms. The molecule has 2 nitrogen and oxygen atoms in total. The quantitative estimate of drug-likeness (QED) is 0.513. The van der Waals surface area contributed by atoms with E-state index in [9.17, 15) is 8.78 Å². The Morgan fingerprint density at radius 2 is 1.79 bits per heavy atom. The summed E-state index contributed by atoms with van der Waals surface area (Å²) < 4.78 is 26.7. The number of rotatable bonds is 4. The van der Waals surface area contributed by atoms with Gasteiger partial charge in [-0.1, -0.05) is 36.4 Å². The number of hydrazine groups is 1. The predicted octanol–water partition coefficient (Wildman–Crippen LogP) is 3.47. The summed E-state index contributed by atoms with van der Waals surface area (Å²) >= 11 is 3.08. The molecular formula is C14H13BrF2N2. The third kappa shape index (κ3) is 3.18. The molecule has 3 N–H and O–H groups in total. The Bertz CT molecular complexity index is 561. The lowest BCUT2D eigenvalue weighted by atomic mass is 9.99. The van der Waals surface area contributed by atoms with Gasteiger partial charge in [0.1, 0.15) is 0 Å². The summed E-state index contributed by atoms with van der Waals surface area (Å²) in [6, 6.07) is 12.0. The molecule has 0 amide bonds. The number of halogens is 3. The first-order valence-electron chi connectivity index (χ1n) is 5.77. The molecule has 5 heteroatoms. The van der Waals surface area contributed by atoms with Crippen molar-refractivity contribution in [1.82, 2.24) is 5.43 Å². The van der Waals surface area contributed by atoms with Gasteiger partial charge in [-0.05, 0) is 39.5 Å². The number of benzene rings is 2. The Balaban J connectivity index is 2.30. The minimum Gasteiger partial charge on any atom is -0.271 e. The van der Waals surface area contributed by atoms with Crippen LogP contribution < -0.4 is 11.3 Å². The van der Waals surface area contributed by atoms with Crippen LogP contribution >= 0.6 is 15.9 Å². The van der Waals surface area contributed by atoms with Gasteiger partial charge < -0.3 is 0 Å². The average molecular weight is 327 g/mol. The van der Waals surface area contributed by atoms with Crippen molar-refractivity contribution in [2.24, 2.45) is 5.84 Å². The van der Waals surface area contributed by atoms with Crippen LogP contribution in [0.3, 0.4) is 0 Å². The highest BCUT2D eigenvalue weighted by molar-refractivity contribution is 9.10. The van der Waals surface area contributed by atoms with Crippen LogP contribution in [0.1, 0.15) is 17.2 Å². The number of nitrogens with one attached hydrogen (secondary N) is 1. The van der Waals surface area contributed by atoms with Crippen molar-refractivity contribution < 1.29 is 8.78 Å². The zero-order valence-corrected chi connectivity index (χ0v) is 11.6. The van der Waals surface area contributed by atoms with E-state index in [0.29, 0.717) is 12.0 Å². The van der Waals surface area contributed by atoms with Gasteiger partial charge in [0.25, 0.3) is 0 Å². The molecule has 0 aliphatic rings. The van der Waals surface area contributed by atoms with E-state index in [1.807, 2.05) is 30.3 Å². The standard InChI is InChI=1S/C14H13BrF2N2/c15-13-10(6-7-11(16)14(13)17)12(19-18)8-9-4-2-1-3-5-9/h1-7,12,19H,8,18H2. The molecule has 0 spiro atoms. The van der Waals surface area contributed by atoms with Crippen molar-refractivity contribution in [3.8, 4) is 0 Å². The van der Waals surface area contributed by atoms with E-state index in [4.69, 9.17) is 5.84 Å². The van der Waals surface area contributed by atoms with Gasteiger partial charge in [0.15, 0.2) is 11.6 Å². The second-order valence-electron chi connectivity index (χ2n) is 4.17. The SMILES string of the molecule is NNC(Cc1ccccc1)c1ccc(F)c(F)c1Br. The fraction of sp³-hybridized carbons (Fsp3) is 0.143. The molecule has 1 atom stereocenters. The van der Waals surface area contributed by atoms with E-state index in [1.54, 1.807) is 0 Å². The van der Waals surface area contributed by atoms with Crippen LogP contribution in [0.4, 0.5) is 8.78 Å². The number of nitrogens with two attached hydrogens (primary N) is 1. The lowest BCUT2D eigenvalue weighted by Gasteiger charge is -2.18. The van der Waals surface area contributed by atoms with Crippen molar-refractivity contribution in [2.75, 3.05) is 0 Å². The summed E-state index contributed by atoms with van der Waals surface area (Å²) in [6.07, 6.45) is 0.584. The lowest BCUT2D eigenvalue weighted by Crippen LogP contribution is -2.30. The van der Waals surface area contributed by atoms with Gasteiger partial charge >= 0.3 is 0 Å². The molecule has 0 aliphatic heterocycles. The van der Waals surface area contributed by atoms with Crippen molar-refractivity contribution in [2.45, 2.75) is 12.5 Å². The molecule has 1 unspecified atom stereocenters. The largest absolute Gasteiger partial charge is 0.271 e. The molecule has 2 rings (SSSR count). The van der Waals surface area contributed by atoms with Crippen LogP contribution in [-0.2, 0) is 6.42 Å². The highest BCUT2D eigenvalue weighted by Gasteiger charge is 2.18. The van der Waals surface area contributed by atoms with Gasteiger partial charge in [0.2, 0.25) is 0 Å². The van der Waals surface area contributed by atoms with Crippen LogP contribution in [0, 0.1) is 11.6 Å². The lowest BCUT2D eigenvalue weighted by molar-refractivity contribution is 0.491. The fourth-order valence-electron chi connectivity index (χ4n) is 1.92. The zero-order chi connectivity index (χ0) is 13.8. The number of hydrogen-bond acceptors (Lipinski definition) is 2. The summed E-state index contributed by atoms with van der Waals surface area (Å²) in [6.45, 7) is 0. The van der Waals surface area contributed by atoms with Gasteiger partial charge in [0.05, 0.1) is 10.5 Å². The molecule has 0 fully saturated rings.